The van der Waals surface area contributed by atoms with E-state index in [1.54, 1.807) is 13.2 Å². The highest BCUT2D eigenvalue weighted by Gasteiger charge is 2.33. The smallest absolute Gasteiger partial charge is 0.407 e. The average molecular weight is 455 g/mol. The van der Waals surface area contributed by atoms with Crippen LogP contribution in [0, 0.1) is 5.92 Å². The number of nitrogens with one attached hydrogen (secondary N) is 1. The normalized spacial score (nSPS) is 22.9. The number of benzene rings is 1. The van der Waals surface area contributed by atoms with Crippen LogP contribution < -0.4 is 15.8 Å². The molecular formula is C21H31ClN4O5. The Bertz CT molecular complexity index is 800. The molecule has 172 valence electrons. The van der Waals surface area contributed by atoms with Crippen LogP contribution in [0.5, 0.6) is 5.75 Å². The van der Waals surface area contributed by atoms with Crippen molar-refractivity contribution in [2.24, 2.45) is 5.92 Å². The van der Waals surface area contributed by atoms with Gasteiger partial charge in [-0.2, -0.15) is 0 Å². The molecule has 2 amide bonds. The molecule has 1 aromatic carbocycles. The van der Waals surface area contributed by atoms with Gasteiger partial charge in [-0.3, -0.25) is 4.79 Å². The molecule has 0 saturated carbocycles. The van der Waals surface area contributed by atoms with Gasteiger partial charge in [-0.1, -0.05) is 11.6 Å². The van der Waals surface area contributed by atoms with Crippen LogP contribution in [-0.2, 0) is 4.74 Å². The van der Waals surface area contributed by atoms with Crippen molar-refractivity contribution in [3.8, 4) is 5.75 Å². The molecule has 31 heavy (non-hydrogen) atoms. The number of anilines is 1. The Morgan fingerprint density at radius 2 is 1.94 bits per heavy atom. The first-order valence-corrected chi connectivity index (χ1v) is 10.9. The summed E-state index contributed by atoms with van der Waals surface area (Å²) < 4.78 is 11.0. The molecule has 0 aliphatic carbocycles. The Morgan fingerprint density at radius 1 is 1.23 bits per heavy atom. The molecule has 2 atom stereocenters. The molecule has 10 heteroatoms. The van der Waals surface area contributed by atoms with Crippen LogP contribution in [0.4, 0.5) is 10.5 Å². The zero-order chi connectivity index (χ0) is 22.5. The number of carbonyl (C=O) groups is 2. The minimum Gasteiger partial charge on any atom is -0.496 e. The van der Waals surface area contributed by atoms with Gasteiger partial charge in [0.15, 0.2) is 0 Å². The third-order valence-electron chi connectivity index (χ3n) is 6.23. The van der Waals surface area contributed by atoms with E-state index in [9.17, 15) is 9.59 Å². The average Bonchev–Trinajstić information content (AvgIpc) is 2.76. The fraction of sp³-hybridized carbons (Fsp3) is 0.619. The van der Waals surface area contributed by atoms with Crippen LogP contribution in [0.25, 0.3) is 0 Å². The summed E-state index contributed by atoms with van der Waals surface area (Å²) in [5, 5.41) is 12.5. The number of nitrogens with two attached hydrogens (primary N) is 1. The molecular weight excluding hydrogens is 424 g/mol. The lowest BCUT2D eigenvalue weighted by atomic mass is 9.94. The van der Waals surface area contributed by atoms with Crippen LogP contribution in [0.2, 0.25) is 5.02 Å². The summed E-state index contributed by atoms with van der Waals surface area (Å²) in [6.07, 6.45) is 1.51. The van der Waals surface area contributed by atoms with Crippen molar-refractivity contribution in [1.82, 2.24) is 15.1 Å². The standard InChI is InChI=1S/C21H31ClN4O5/c1-30-18-10-16(23)15(22)9-14(18)20(27)24-17-5-6-25(12-19(17)31-2)11-13-3-7-26(8-4-13)21(28)29/h9-10,13,17,19H,3-8,11-12,23H2,1-2H3,(H,24,27)(H,28,29). The number of hydrogen-bond donors (Lipinski definition) is 3. The van der Waals surface area contributed by atoms with E-state index in [0.717, 1.165) is 32.4 Å². The van der Waals surface area contributed by atoms with Crippen molar-refractivity contribution in [3.05, 3.63) is 22.7 Å². The number of halogens is 1. The number of piperidine rings is 2. The summed E-state index contributed by atoms with van der Waals surface area (Å²) >= 11 is 6.10. The summed E-state index contributed by atoms with van der Waals surface area (Å²) in [4.78, 5) is 27.8. The third-order valence-corrected chi connectivity index (χ3v) is 6.55. The number of carbonyl (C=O) groups excluding carboxylic acids is 1. The lowest BCUT2D eigenvalue weighted by Crippen LogP contribution is -2.55. The molecule has 0 spiro atoms. The minimum atomic E-state index is -0.839. The van der Waals surface area contributed by atoms with Gasteiger partial charge in [0.1, 0.15) is 5.75 Å². The number of carboxylic acid groups (broad SMARTS) is 1. The van der Waals surface area contributed by atoms with Gasteiger partial charge in [0.25, 0.3) is 5.91 Å². The van der Waals surface area contributed by atoms with Crippen molar-refractivity contribution in [3.63, 3.8) is 0 Å². The maximum atomic E-state index is 12.9. The molecule has 9 nitrogen and oxygen atoms in total. The zero-order valence-electron chi connectivity index (χ0n) is 18.0. The number of ether oxygens (including phenoxy) is 2. The van der Waals surface area contributed by atoms with Gasteiger partial charge in [-0.15, -0.1) is 0 Å². The summed E-state index contributed by atoms with van der Waals surface area (Å²) in [6, 6.07) is 2.93. The SMILES string of the molecule is COc1cc(N)c(Cl)cc1C(=O)NC1CCN(CC2CCN(C(=O)O)CC2)CC1OC. The summed E-state index contributed by atoms with van der Waals surface area (Å²) in [5.74, 6) is 0.569. The van der Waals surface area contributed by atoms with E-state index in [1.165, 1.54) is 18.1 Å². The molecule has 2 fully saturated rings. The zero-order valence-corrected chi connectivity index (χ0v) is 18.7. The number of amides is 2. The fourth-order valence-corrected chi connectivity index (χ4v) is 4.55. The van der Waals surface area contributed by atoms with Gasteiger partial charge in [-0.05, 0) is 31.2 Å². The highest BCUT2D eigenvalue weighted by molar-refractivity contribution is 6.33. The van der Waals surface area contributed by atoms with E-state index in [4.69, 9.17) is 31.9 Å². The van der Waals surface area contributed by atoms with Crippen molar-refractivity contribution >= 4 is 29.3 Å². The highest BCUT2D eigenvalue weighted by Crippen LogP contribution is 2.29. The molecule has 2 aliphatic rings. The molecule has 1 aromatic rings. The molecule has 0 aromatic heterocycles. The molecule has 2 unspecified atom stereocenters. The fourth-order valence-electron chi connectivity index (χ4n) is 4.38. The van der Waals surface area contributed by atoms with E-state index in [0.29, 0.717) is 47.6 Å². The predicted octanol–water partition coefficient (Wildman–Crippen LogP) is 2.14. The van der Waals surface area contributed by atoms with Gasteiger partial charge in [0.2, 0.25) is 0 Å². The second-order valence-electron chi connectivity index (χ2n) is 8.19. The van der Waals surface area contributed by atoms with Crippen molar-refractivity contribution in [1.29, 1.82) is 0 Å². The van der Waals surface area contributed by atoms with Crippen LogP contribution in [0.1, 0.15) is 29.6 Å². The van der Waals surface area contributed by atoms with Gasteiger partial charge >= 0.3 is 6.09 Å². The van der Waals surface area contributed by atoms with Gasteiger partial charge in [0, 0.05) is 45.9 Å². The summed E-state index contributed by atoms with van der Waals surface area (Å²) in [5.41, 5.74) is 6.50. The lowest BCUT2D eigenvalue weighted by Gasteiger charge is -2.40. The molecule has 2 saturated heterocycles. The van der Waals surface area contributed by atoms with Gasteiger partial charge in [-0.25, -0.2) is 4.79 Å². The number of methoxy groups -OCH3 is 2. The summed E-state index contributed by atoms with van der Waals surface area (Å²) in [6.45, 7) is 3.64. The number of likely N-dealkylation sites (tertiary alicyclic amines) is 2. The van der Waals surface area contributed by atoms with Gasteiger partial charge in [0.05, 0.1) is 35.5 Å². The van der Waals surface area contributed by atoms with Crippen LogP contribution in [-0.4, -0.2) is 86.0 Å². The first-order chi connectivity index (χ1) is 14.8. The van der Waals surface area contributed by atoms with E-state index < -0.39 is 6.09 Å². The number of hydrogen-bond acceptors (Lipinski definition) is 6. The molecule has 3 rings (SSSR count). The Labute approximate surface area is 187 Å². The number of nitrogen functional groups attached to an aromatic ring is 1. The van der Waals surface area contributed by atoms with E-state index in [2.05, 4.69) is 10.2 Å². The predicted molar refractivity (Wildman–Crippen MR) is 118 cm³/mol. The van der Waals surface area contributed by atoms with E-state index >= 15 is 0 Å². The molecule has 2 aliphatic heterocycles. The van der Waals surface area contributed by atoms with Crippen molar-refractivity contribution in [2.75, 3.05) is 52.7 Å². The Kier molecular flexibility index (Phi) is 7.85. The van der Waals surface area contributed by atoms with Crippen LogP contribution in [0.3, 0.4) is 0 Å². The Hall–Kier alpha value is -2.23. The van der Waals surface area contributed by atoms with Crippen LogP contribution >= 0.6 is 11.6 Å². The first-order valence-electron chi connectivity index (χ1n) is 10.5. The molecule has 2 heterocycles. The lowest BCUT2D eigenvalue weighted by molar-refractivity contribution is -0.00103. The maximum Gasteiger partial charge on any atom is 0.407 e. The number of rotatable bonds is 6. The molecule has 0 bridgehead atoms. The molecule has 0 radical (unpaired) electrons. The largest absolute Gasteiger partial charge is 0.496 e. The number of nitrogens with zero attached hydrogens (tertiary/aromatic N) is 2. The van der Waals surface area contributed by atoms with Gasteiger partial charge < -0.3 is 35.4 Å². The Morgan fingerprint density at radius 3 is 2.55 bits per heavy atom. The van der Waals surface area contributed by atoms with Crippen molar-refractivity contribution in [2.45, 2.75) is 31.4 Å². The topological polar surface area (TPSA) is 117 Å². The molecule has 4 N–H and O–H groups in total. The first kappa shape index (κ1) is 23.4. The second-order valence-corrected chi connectivity index (χ2v) is 8.60. The minimum absolute atomic E-state index is 0.136. The van der Waals surface area contributed by atoms with Crippen molar-refractivity contribution < 1.29 is 24.2 Å². The van der Waals surface area contributed by atoms with Crippen LogP contribution in [0.15, 0.2) is 12.1 Å². The monoisotopic (exact) mass is 454 g/mol. The maximum absolute atomic E-state index is 12.9. The van der Waals surface area contributed by atoms with E-state index in [-0.39, 0.29) is 18.1 Å². The second kappa shape index (κ2) is 10.4. The van der Waals surface area contributed by atoms with E-state index in [1.807, 2.05) is 0 Å². The third kappa shape index (κ3) is 5.72. The Balaban J connectivity index is 1.56. The summed E-state index contributed by atoms with van der Waals surface area (Å²) in [7, 11) is 3.14. The highest BCUT2D eigenvalue weighted by atomic mass is 35.5. The quantitative estimate of drug-likeness (QED) is 0.563.